The van der Waals surface area contributed by atoms with E-state index >= 15 is 0 Å². The van der Waals surface area contributed by atoms with Crippen LogP contribution in [0.3, 0.4) is 0 Å². The van der Waals surface area contributed by atoms with Crippen LogP contribution in [0.1, 0.15) is 50.2 Å². The van der Waals surface area contributed by atoms with Gasteiger partial charge >= 0.3 is 0 Å². The average molecular weight is 285 g/mol. The first kappa shape index (κ1) is 14.1. The fraction of sp³-hybridized carbons (Fsp3) is 0.444. The Kier molecular flexibility index (Phi) is 4.18. The summed E-state index contributed by atoms with van der Waals surface area (Å²) in [6.45, 7) is 4.06. The van der Waals surface area contributed by atoms with Crippen LogP contribution in [0.25, 0.3) is 0 Å². The second-order valence-corrected chi connectivity index (χ2v) is 5.86. The first-order valence-corrected chi connectivity index (χ1v) is 7.80. The van der Waals surface area contributed by atoms with Crippen molar-refractivity contribution < 1.29 is 9.15 Å². The van der Waals surface area contributed by atoms with Crippen LogP contribution in [0.5, 0.6) is 5.75 Å². The maximum atomic E-state index is 5.98. The van der Waals surface area contributed by atoms with Gasteiger partial charge in [0.1, 0.15) is 17.3 Å². The molecule has 1 aliphatic rings. The lowest BCUT2D eigenvalue weighted by molar-refractivity contribution is 0.210. The number of rotatable bonds is 5. The van der Waals surface area contributed by atoms with Gasteiger partial charge < -0.3 is 14.5 Å². The number of hydrogen-bond acceptors (Lipinski definition) is 3. The predicted octanol–water partition coefficient (Wildman–Crippen LogP) is 5.08. The van der Waals surface area contributed by atoms with Crippen LogP contribution >= 0.6 is 0 Å². The van der Waals surface area contributed by atoms with Gasteiger partial charge in [-0.15, -0.1) is 0 Å². The van der Waals surface area contributed by atoms with E-state index in [0.29, 0.717) is 6.10 Å². The number of nitrogens with one attached hydrogen (secondary N) is 1. The SMILES string of the molecule is Cc1ccc(C(C)Nc2ccc(OC3CCCC3)cc2)o1. The summed E-state index contributed by atoms with van der Waals surface area (Å²) in [5, 5.41) is 3.44. The molecule has 1 aromatic heterocycles. The zero-order chi connectivity index (χ0) is 14.7. The quantitative estimate of drug-likeness (QED) is 0.831. The molecule has 112 valence electrons. The Morgan fingerprint density at radius 2 is 1.81 bits per heavy atom. The van der Waals surface area contributed by atoms with Gasteiger partial charge in [0.15, 0.2) is 0 Å². The van der Waals surface area contributed by atoms with Crippen molar-refractivity contribution in [2.45, 2.75) is 51.7 Å². The molecule has 1 atom stereocenters. The first-order valence-electron chi connectivity index (χ1n) is 7.80. The van der Waals surface area contributed by atoms with E-state index in [2.05, 4.69) is 24.4 Å². The minimum absolute atomic E-state index is 0.153. The van der Waals surface area contributed by atoms with Gasteiger partial charge in [-0.25, -0.2) is 0 Å². The molecule has 0 saturated heterocycles. The summed E-state index contributed by atoms with van der Waals surface area (Å²) in [6, 6.07) is 12.4. The number of furan rings is 1. The fourth-order valence-electron chi connectivity index (χ4n) is 2.84. The number of ether oxygens (including phenoxy) is 1. The Bertz CT molecular complexity index is 567. The molecule has 1 saturated carbocycles. The summed E-state index contributed by atoms with van der Waals surface area (Å²) >= 11 is 0. The summed E-state index contributed by atoms with van der Waals surface area (Å²) in [4.78, 5) is 0. The predicted molar refractivity (Wildman–Crippen MR) is 84.8 cm³/mol. The van der Waals surface area contributed by atoms with E-state index in [0.717, 1.165) is 23.0 Å². The summed E-state index contributed by atoms with van der Waals surface area (Å²) < 4.78 is 11.6. The Labute approximate surface area is 126 Å². The Morgan fingerprint density at radius 1 is 1.10 bits per heavy atom. The molecular weight excluding hydrogens is 262 g/mol. The average Bonchev–Trinajstić information content (AvgIpc) is 3.12. The molecule has 2 aromatic rings. The molecule has 3 rings (SSSR count). The van der Waals surface area contributed by atoms with Crippen molar-refractivity contribution in [1.82, 2.24) is 0 Å². The maximum Gasteiger partial charge on any atom is 0.126 e. The van der Waals surface area contributed by atoms with E-state index in [4.69, 9.17) is 9.15 Å². The van der Waals surface area contributed by atoms with Crippen molar-refractivity contribution in [2.24, 2.45) is 0 Å². The third-order valence-corrected chi connectivity index (χ3v) is 4.03. The highest BCUT2D eigenvalue weighted by Gasteiger charge is 2.16. The van der Waals surface area contributed by atoms with Crippen molar-refractivity contribution in [3.05, 3.63) is 47.9 Å². The minimum Gasteiger partial charge on any atom is -0.490 e. The van der Waals surface area contributed by atoms with Crippen LogP contribution < -0.4 is 10.1 Å². The second kappa shape index (κ2) is 6.25. The second-order valence-electron chi connectivity index (χ2n) is 5.86. The van der Waals surface area contributed by atoms with E-state index < -0.39 is 0 Å². The molecule has 0 amide bonds. The molecule has 0 radical (unpaired) electrons. The van der Waals surface area contributed by atoms with E-state index in [1.807, 2.05) is 31.2 Å². The van der Waals surface area contributed by atoms with Crippen molar-refractivity contribution in [1.29, 1.82) is 0 Å². The van der Waals surface area contributed by atoms with E-state index in [9.17, 15) is 0 Å². The van der Waals surface area contributed by atoms with E-state index in [-0.39, 0.29) is 6.04 Å². The zero-order valence-electron chi connectivity index (χ0n) is 12.8. The van der Waals surface area contributed by atoms with Crippen LogP contribution in [0.2, 0.25) is 0 Å². The summed E-state index contributed by atoms with van der Waals surface area (Å²) in [6.07, 6.45) is 5.38. The molecular formula is C18H23NO2. The van der Waals surface area contributed by atoms with Crippen LogP contribution in [0.4, 0.5) is 5.69 Å². The molecule has 3 nitrogen and oxygen atoms in total. The van der Waals surface area contributed by atoms with Gasteiger partial charge in [0, 0.05) is 5.69 Å². The van der Waals surface area contributed by atoms with Gasteiger partial charge in [-0.3, -0.25) is 0 Å². The molecule has 3 heteroatoms. The minimum atomic E-state index is 0.153. The lowest BCUT2D eigenvalue weighted by Gasteiger charge is -2.15. The summed E-state index contributed by atoms with van der Waals surface area (Å²) in [5.41, 5.74) is 1.08. The topological polar surface area (TPSA) is 34.4 Å². The van der Waals surface area contributed by atoms with Crippen LogP contribution in [0, 0.1) is 6.92 Å². The third-order valence-electron chi connectivity index (χ3n) is 4.03. The molecule has 1 heterocycles. The first-order chi connectivity index (χ1) is 10.2. The largest absolute Gasteiger partial charge is 0.490 e. The molecule has 21 heavy (non-hydrogen) atoms. The highest BCUT2D eigenvalue weighted by Crippen LogP contribution is 2.26. The smallest absolute Gasteiger partial charge is 0.126 e. The molecule has 1 N–H and O–H groups in total. The van der Waals surface area contributed by atoms with Gasteiger partial charge in [0.2, 0.25) is 0 Å². The summed E-state index contributed by atoms with van der Waals surface area (Å²) in [5.74, 6) is 2.87. The standard InChI is InChI=1S/C18H23NO2/c1-13-7-12-18(20-13)14(2)19-15-8-10-17(11-9-15)21-16-5-3-4-6-16/h7-12,14,16,19H,3-6H2,1-2H3. The van der Waals surface area contributed by atoms with Crippen molar-refractivity contribution in [3.63, 3.8) is 0 Å². The van der Waals surface area contributed by atoms with Crippen molar-refractivity contribution >= 4 is 5.69 Å². The fourth-order valence-corrected chi connectivity index (χ4v) is 2.84. The number of aryl methyl sites for hydroxylation is 1. The molecule has 1 aromatic carbocycles. The van der Waals surface area contributed by atoms with Gasteiger partial charge in [-0.05, 0) is 75.9 Å². The zero-order valence-corrected chi connectivity index (χ0v) is 12.8. The molecule has 0 bridgehead atoms. The van der Waals surface area contributed by atoms with Gasteiger partial charge in [-0.2, -0.15) is 0 Å². The number of benzene rings is 1. The van der Waals surface area contributed by atoms with Crippen molar-refractivity contribution in [3.8, 4) is 5.75 Å². The van der Waals surface area contributed by atoms with Gasteiger partial charge in [0.05, 0.1) is 12.1 Å². The monoisotopic (exact) mass is 285 g/mol. The highest BCUT2D eigenvalue weighted by molar-refractivity contribution is 5.47. The number of anilines is 1. The van der Waals surface area contributed by atoms with Gasteiger partial charge in [0.25, 0.3) is 0 Å². The summed E-state index contributed by atoms with van der Waals surface area (Å²) in [7, 11) is 0. The van der Waals surface area contributed by atoms with Gasteiger partial charge in [-0.1, -0.05) is 0 Å². The van der Waals surface area contributed by atoms with Crippen LogP contribution in [-0.4, -0.2) is 6.10 Å². The Morgan fingerprint density at radius 3 is 2.43 bits per heavy atom. The lowest BCUT2D eigenvalue weighted by Crippen LogP contribution is -2.11. The van der Waals surface area contributed by atoms with E-state index in [1.54, 1.807) is 0 Å². The highest BCUT2D eigenvalue weighted by atomic mass is 16.5. The van der Waals surface area contributed by atoms with Crippen molar-refractivity contribution in [2.75, 3.05) is 5.32 Å². The van der Waals surface area contributed by atoms with E-state index in [1.165, 1.54) is 25.7 Å². The molecule has 1 fully saturated rings. The normalized spacial score (nSPS) is 16.9. The third kappa shape index (κ3) is 3.60. The molecule has 1 unspecified atom stereocenters. The number of hydrogen-bond donors (Lipinski definition) is 1. The lowest BCUT2D eigenvalue weighted by atomic mass is 10.2. The Balaban J connectivity index is 1.58. The molecule has 0 spiro atoms. The maximum absolute atomic E-state index is 5.98. The molecule has 1 aliphatic carbocycles. The Hall–Kier alpha value is -1.90. The van der Waals surface area contributed by atoms with Crippen LogP contribution in [0.15, 0.2) is 40.8 Å². The molecule has 0 aliphatic heterocycles. The van der Waals surface area contributed by atoms with Crippen LogP contribution in [-0.2, 0) is 0 Å².